The first-order valence-electron chi connectivity index (χ1n) is 6.38. The van der Waals surface area contributed by atoms with Gasteiger partial charge in [-0.2, -0.15) is 0 Å². The molecule has 5 heteroatoms. The van der Waals surface area contributed by atoms with E-state index in [9.17, 15) is 0 Å². The molecule has 2 aromatic rings. The number of nitrogens with zero attached hydrogens (tertiary/aromatic N) is 3. The number of rotatable bonds is 4. The lowest BCUT2D eigenvalue weighted by molar-refractivity contribution is 0.857. The number of thiocarbonyl (C=S) groups is 1. The van der Waals surface area contributed by atoms with Gasteiger partial charge in [0.1, 0.15) is 10.7 Å². The fourth-order valence-corrected chi connectivity index (χ4v) is 1.99. The van der Waals surface area contributed by atoms with E-state index >= 15 is 0 Å². The van der Waals surface area contributed by atoms with Crippen molar-refractivity contribution in [2.45, 2.75) is 20.4 Å². The van der Waals surface area contributed by atoms with Crippen molar-refractivity contribution in [3.8, 4) is 0 Å². The summed E-state index contributed by atoms with van der Waals surface area (Å²) in [5, 5.41) is 0. The highest BCUT2D eigenvalue weighted by molar-refractivity contribution is 7.80. The molecule has 0 saturated heterocycles. The Morgan fingerprint density at radius 2 is 1.85 bits per heavy atom. The van der Waals surface area contributed by atoms with Crippen molar-refractivity contribution in [3.63, 3.8) is 0 Å². The number of benzene rings is 1. The highest BCUT2D eigenvalue weighted by Gasteiger charge is 2.09. The summed E-state index contributed by atoms with van der Waals surface area (Å²) in [6.07, 6.45) is 0. The zero-order chi connectivity index (χ0) is 14.7. The minimum absolute atomic E-state index is 0.292. The van der Waals surface area contributed by atoms with Crippen LogP contribution >= 0.6 is 12.2 Å². The molecule has 0 radical (unpaired) electrons. The van der Waals surface area contributed by atoms with Crippen molar-refractivity contribution in [2.24, 2.45) is 5.73 Å². The molecule has 0 saturated carbocycles. The van der Waals surface area contributed by atoms with Crippen LogP contribution in [0.5, 0.6) is 0 Å². The second-order valence-corrected chi connectivity index (χ2v) is 5.34. The van der Waals surface area contributed by atoms with Crippen LogP contribution in [0.15, 0.2) is 30.3 Å². The van der Waals surface area contributed by atoms with Crippen molar-refractivity contribution >= 4 is 23.2 Å². The molecule has 2 N–H and O–H groups in total. The van der Waals surface area contributed by atoms with E-state index in [1.54, 1.807) is 6.07 Å². The lowest BCUT2D eigenvalue weighted by Gasteiger charge is -2.18. The Kier molecular flexibility index (Phi) is 4.29. The van der Waals surface area contributed by atoms with Gasteiger partial charge in [-0.25, -0.2) is 9.97 Å². The van der Waals surface area contributed by atoms with Crippen LogP contribution < -0.4 is 10.6 Å². The number of aryl methyl sites for hydroxylation is 2. The van der Waals surface area contributed by atoms with Crippen LogP contribution in [0.3, 0.4) is 0 Å². The molecule has 0 aliphatic rings. The average molecular weight is 286 g/mol. The van der Waals surface area contributed by atoms with Crippen LogP contribution in [-0.2, 0) is 6.54 Å². The number of hydrogen-bond donors (Lipinski definition) is 1. The predicted molar refractivity (Wildman–Crippen MR) is 85.9 cm³/mol. The summed E-state index contributed by atoms with van der Waals surface area (Å²) in [6.45, 7) is 4.72. The van der Waals surface area contributed by atoms with Gasteiger partial charge in [0.25, 0.3) is 0 Å². The minimum Gasteiger partial charge on any atom is -0.388 e. The molecular formula is C15H18N4S. The molecule has 2 rings (SSSR count). The molecule has 20 heavy (non-hydrogen) atoms. The van der Waals surface area contributed by atoms with Crippen LogP contribution in [0, 0.1) is 13.8 Å². The first-order valence-corrected chi connectivity index (χ1v) is 6.78. The molecule has 0 unspecified atom stereocenters. The Morgan fingerprint density at radius 1 is 1.20 bits per heavy atom. The Morgan fingerprint density at radius 3 is 2.45 bits per heavy atom. The molecule has 1 heterocycles. The highest BCUT2D eigenvalue weighted by atomic mass is 32.1. The van der Waals surface area contributed by atoms with E-state index in [0.717, 1.165) is 12.2 Å². The minimum atomic E-state index is 0.292. The molecule has 104 valence electrons. The van der Waals surface area contributed by atoms with Gasteiger partial charge in [-0.15, -0.1) is 0 Å². The van der Waals surface area contributed by atoms with E-state index in [2.05, 4.69) is 41.2 Å². The van der Waals surface area contributed by atoms with Gasteiger partial charge in [0.15, 0.2) is 0 Å². The smallest absolute Gasteiger partial charge is 0.226 e. The third-order valence-corrected chi connectivity index (χ3v) is 3.19. The maximum Gasteiger partial charge on any atom is 0.226 e. The zero-order valence-corrected chi connectivity index (χ0v) is 12.7. The van der Waals surface area contributed by atoms with Crippen molar-refractivity contribution < 1.29 is 0 Å². The Hall–Kier alpha value is -2.01. The van der Waals surface area contributed by atoms with Gasteiger partial charge in [-0.05, 0) is 25.5 Å². The molecule has 0 aliphatic carbocycles. The topological polar surface area (TPSA) is 55.0 Å². The second-order valence-electron chi connectivity index (χ2n) is 4.90. The van der Waals surface area contributed by atoms with Crippen molar-refractivity contribution in [2.75, 3.05) is 11.9 Å². The van der Waals surface area contributed by atoms with Gasteiger partial charge in [0.05, 0.1) is 0 Å². The van der Waals surface area contributed by atoms with Crippen LogP contribution in [0.25, 0.3) is 0 Å². The molecule has 0 amide bonds. The monoisotopic (exact) mass is 286 g/mol. The fraction of sp³-hybridized carbons (Fsp3) is 0.267. The highest BCUT2D eigenvalue weighted by Crippen LogP contribution is 2.13. The first kappa shape index (κ1) is 14.4. The van der Waals surface area contributed by atoms with E-state index in [-0.39, 0.29) is 0 Å². The van der Waals surface area contributed by atoms with Crippen LogP contribution in [0.4, 0.5) is 5.95 Å². The molecule has 1 aromatic carbocycles. The lowest BCUT2D eigenvalue weighted by Crippen LogP contribution is -2.22. The molecule has 0 atom stereocenters. The van der Waals surface area contributed by atoms with Gasteiger partial charge < -0.3 is 10.6 Å². The molecular weight excluding hydrogens is 268 g/mol. The first-order chi connectivity index (χ1) is 9.45. The number of nitrogens with two attached hydrogens (primary N) is 1. The summed E-state index contributed by atoms with van der Waals surface area (Å²) in [5.41, 5.74) is 9.57. The maximum absolute atomic E-state index is 5.64. The Bertz CT molecular complexity index is 622. The largest absolute Gasteiger partial charge is 0.388 e. The summed E-state index contributed by atoms with van der Waals surface area (Å²) >= 11 is 4.98. The van der Waals surface area contributed by atoms with Crippen molar-refractivity contribution in [1.29, 1.82) is 0 Å². The number of aromatic nitrogens is 2. The summed E-state index contributed by atoms with van der Waals surface area (Å²) in [5.74, 6) is 0.633. The molecule has 4 nitrogen and oxygen atoms in total. The van der Waals surface area contributed by atoms with Crippen molar-refractivity contribution in [3.05, 3.63) is 52.8 Å². The predicted octanol–water partition coefficient (Wildman–Crippen LogP) is 2.36. The van der Waals surface area contributed by atoms with E-state index in [0.29, 0.717) is 16.6 Å². The van der Waals surface area contributed by atoms with Crippen LogP contribution in [0.1, 0.15) is 22.5 Å². The summed E-state index contributed by atoms with van der Waals surface area (Å²) in [4.78, 5) is 11.1. The van der Waals surface area contributed by atoms with E-state index in [4.69, 9.17) is 18.0 Å². The molecule has 0 spiro atoms. The molecule has 0 aliphatic heterocycles. The Balaban J connectivity index is 2.22. The average Bonchev–Trinajstić information content (AvgIpc) is 2.40. The number of hydrogen-bond acceptors (Lipinski definition) is 4. The van der Waals surface area contributed by atoms with Gasteiger partial charge in [0, 0.05) is 19.3 Å². The third-order valence-electron chi connectivity index (χ3n) is 2.98. The maximum atomic E-state index is 5.64. The standard InChI is InChI=1S/C15H18N4S/c1-10-4-6-12(7-5-10)9-19(3)15-17-11(2)8-13(18-15)14(16)20/h4-8H,9H2,1-3H3,(H2,16,20). The molecule has 0 bridgehead atoms. The van der Waals surface area contributed by atoms with Crippen molar-refractivity contribution in [1.82, 2.24) is 9.97 Å². The van der Waals surface area contributed by atoms with Gasteiger partial charge >= 0.3 is 0 Å². The summed E-state index contributed by atoms with van der Waals surface area (Å²) < 4.78 is 0. The SMILES string of the molecule is Cc1ccc(CN(C)c2nc(C)cc(C(N)=S)n2)cc1. The molecule has 1 aromatic heterocycles. The van der Waals surface area contributed by atoms with Gasteiger partial charge in [-0.1, -0.05) is 42.0 Å². The molecule has 0 fully saturated rings. The lowest BCUT2D eigenvalue weighted by atomic mass is 10.1. The van der Waals surface area contributed by atoms with Gasteiger partial charge in [0.2, 0.25) is 5.95 Å². The van der Waals surface area contributed by atoms with E-state index < -0.39 is 0 Å². The van der Waals surface area contributed by atoms with Crippen LogP contribution in [0.2, 0.25) is 0 Å². The number of anilines is 1. The third kappa shape index (κ3) is 3.51. The Labute approximate surface area is 124 Å². The van der Waals surface area contributed by atoms with Gasteiger partial charge in [-0.3, -0.25) is 0 Å². The normalized spacial score (nSPS) is 10.3. The zero-order valence-electron chi connectivity index (χ0n) is 11.9. The quantitative estimate of drug-likeness (QED) is 0.875. The van der Waals surface area contributed by atoms with E-state index in [1.807, 2.05) is 18.9 Å². The summed E-state index contributed by atoms with van der Waals surface area (Å²) in [7, 11) is 1.96. The van der Waals surface area contributed by atoms with E-state index in [1.165, 1.54) is 11.1 Å². The summed E-state index contributed by atoms with van der Waals surface area (Å²) in [6, 6.07) is 10.2. The van der Waals surface area contributed by atoms with Crippen LogP contribution in [-0.4, -0.2) is 22.0 Å². The second kappa shape index (κ2) is 5.96. The fourth-order valence-electron chi connectivity index (χ4n) is 1.89.